The number of amides is 1. The van der Waals surface area contributed by atoms with Gasteiger partial charge in [0.15, 0.2) is 22.4 Å². The predicted molar refractivity (Wildman–Crippen MR) is 124 cm³/mol. The number of aryl methyl sites for hydroxylation is 1. The summed E-state index contributed by atoms with van der Waals surface area (Å²) in [4.78, 5) is 19.8. The van der Waals surface area contributed by atoms with Crippen molar-refractivity contribution in [3.05, 3.63) is 72.5 Å². The maximum absolute atomic E-state index is 13.1. The largest absolute Gasteiger partial charge is 0.461 e. The Kier molecular flexibility index (Phi) is 4.65. The van der Waals surface area contributed by atoms with Crippen LogP contribution in [0.25, 0.3) is 28.1 Å². The van der Waals surface area contributed by atoms with Crippen molar-refractivity contribution in [1.29, 1.82) is 0 Å². The number of nitrogens with zero attached hydrogens (tertiary/aromatic N) is 5. The molecular formula is C24H19N5O2S. The van der Waals surface area contributed by atoms with Crippen molar-refractivity contribution in [2.24, 2.45) is 0 Å². The second kappa shape index (κ2) is 7.80. The first-order valence-corrected chi connectivity index (χ1v) is 11.5. The molecule has 4 heterocycles. The number of aromatic nitrogens is 4. The molecule has 6 rings (SSSR count). The number of furan rings is 1. The summed E-state index contributed by atoms with van der Waals surface area (Å²) in [6.07, 6.45) is 3.60. The Morgan fingerprint density at radius 1 is 1.03 bits per heavy atom. The normalized spacial score (nSPS) is 13.6. The second-order valence-corrected chi connectivity index (χ2v) is 8.58. The monoisotopic (exact) mass is 441 g/mol. The van der Waals surface area contributed by atoms with E-state index in [2.05, 4.69) is 16.3 Å². The van der Waals surface area contributed by atoms with E-state index in [0.717, 1.165) is 36.0 Å². The number of benzene rings is 2. The van der Waals surface area contributed by atoms with Crippen molar-refractivity contribution in [3.8, 4) is 11.6 Å². The van der Waals surface area contributed by atoms with E-state index in [1.807, 2.05) is 63.9 Å². The Bertz CT molecular complexity index is 1440. The molecule has 3 aromatic heterocycles. The number of carbonyl (C=O) groups is 1. The molecule has 1 amide bonds. The van der Waals surface area contributed by atoms with Crippen LogP contribution >= 0.6 is 11.8 Å². The molecule has 0 aliphatic carbocycles. The highest BCUT2D eigenvalue weighted by Crippen LogP contribution is 2.31. The molecule has 7 nitrogen and oxygen atoms in total. The van der Waals surface area contributed by atoms with Crippen LogP contribution in [0.5, 0.6) is 0 Å². The Labute approximate surface area is 188 Å². The minimum absolute atomic E-state index is 0.0622. The summed E-state index contributed by atoms with van der Waals surface area (Å²) in [6, 6.07) is 19.6. The van der Waals surface area contributed by atoms with E-state index in [1.165, 1.54) is 17.3 Å². The van der Waals surface area contributed by atoms with Gasteiger partial charge in [0.2, 0.25) is 5.91 Å². The van der Waals surface area contributed by atoms with Crippen molar-refractivity contribution in [2.75, 3.05) is 17.2 Å². The second-order valence-electron chi connectivity index (χ2n) is 7.64. The fourth-order valence-electron chi connectivity index (χ4n) is 4.22. The summed E-state index contributed by atoms with van der Waals surface area (Å²) in [5.41, 5.74) is 3.75. The van der Waals surface area contributed by atoms with E-state index in [-0.39, 0.29) is 11.7 Å². The van der Waals surface area contributed by atoms with Gasteiger partial charge >= 0.3 is 0 Å². The minimum Gasteiger partial charge on any atom is -0.461 e. The van der Waals surface area contributed by atoms with Crippen LogP contribution in [0.1, 0.15) is 12.0 Å². The number of rotatable bonds is 4. The summed E-state index contributed by atoms with van der Waals surface area (Å²) in [7, 11) is 0. The van der Waals surface area contributed by atoms with Gasteiger partial charge in [0.25, 0.3) is 0 Å². The van der Waals surface area contributed by atoms with Crippen molar-refractivity contribution < 1.29 is 9.21 Å². The number of thioether (sulfide) groups is 1. The summed E-state index contributed by atoms with van der Waals surface area (Å²) >= 11 is 1.37. The lowest BCUT2D eigenvalue weighted by Crippen LogP contribution is -2.36. The highest BCUT2D eigenvalue weighted by Gasteiger charge is 2.24. The zero-order valence-electron chi connectivity index (χ0n) is 17.1. The van der Waals surface area contributed by atoms with Crippen LogP contribution in [0.3, 0.4) is 0 Å². The maximum atomic E-state index is 13.1. The SMILES string of the molecule is O=C(CSc1nnc2c3ccccc3nc(-c3ccco3)n12)N1CCCc2ccccc21. The molecule has 0 fully saturated rings. The summed E-state index contributed by atoms with van der Waals surface area (Å²) < 4.78 is 7.52. The zero-order chi connectivity index (χ0) is 21.5. The van der Waals surface area contributed by atoms with Crippen molar-refractivity contribution >= 4 is 39.9 Å². The highest BCUT2D eigenvalue weighted by atomic mass is 32.2. The lowest BCUT2D eigenvalue weighted by molar-refractivity contribution is -0.116. The first kappa shape index (κ1) is 19.1. The van der Waals surface area contributed by atoms with E-state index in [4.69, 9.17) is 9.40 Å². The molecule has 0 radical (unpaired) electrons. The standard InChI is InChI=1S/C24H19N5O2S/c30-21(28-13-5-8-16-7-1-4-11-19(16)28)15-32-24-27-26-22-17-9-2-3-10-18(17)25-23(29(22)24)20-12-6-14-31-20/h1-4,6-7,9-12,14H,5,8,13,15H2. The molecule has 0 bridgehead atoms. The highest BCUT2D eigenvalue weighted by molar-refractivity contribution is 7.99. The van der Waals surface area contributed by atoms with Crippen molar-refractivity contribution in [2.45, 2.75) is 18.0 Å². The lowest BCUT2D eigenvalue weighted by Gasteiger charge is -2.29. The molecule has 0 saturated carbocycles. The number of hydrogen-bond acceptors (Lipinski definition) is 6. The van der Waals surface area contributed by atoms with E-state index in [1.54, 1.807) is 6.26 Å². The van der Waals surface area contributed by atoms with Crippen LogP contribution in [0, 0.1) is 0 Å². The molecule has 0 unspecified atom stereocenters. The molecule has 0 spiro atoms. The minimum atomic E-state index is 0.0622. The van der Waals surface area contributed by atoms with Crippen molar-refractivity contribution in [3.63, 3.8) is 0 Å². The molecule has 158 valence electrons. The van der Waals surface area contributed by atoms with Crippen LogP contribution in [0.2, 0.25) is 0 Å². The summed E-state index contributed by atoms with van der Waals surface area (Å²) in [5, 5.41) is 10.3. The molecular weight excluding hydrogens is 422 g/mol. The van der Waals surface area contributed by atoms with Gasteiger partial charge in [-0.25, -0.2) is 4.98 Å². The lowest BCUT2D eigenvalue weighted by atomic mass is 10.0. The number of anilines is 1. The first-order valence-electron chi connectivity index (χ1n) is 10.5. The predicted octanol–water partition coefficient (Wildman–Crippen LogP) is 4.61. The van der Waals surface area contributed by atoms with Gasteiger partial charge in [-0.05, 0) is 48.7 Å². The quantitative estimate of drug-likeness (QED) is 0.379. The van der Waals surface area contributed by atoms with Gasteiger partial charge in [-0.15, -0.1) is 10.2 Å². The van der Waals surface area contributed by atoms with Crippen molar-refractivity contribution in [1.82, 2.24) is 19.6 Å². The van der Waals surface area contributed by atoms with E-state index >= 15 is 0 Å². The van der Waals surface area contributed by atoms with Gasteiger partial charge < -0.3 is 9.32 Å². The average molecular weight is 442 g/mol. The maximum Gasteiger partial charge on any atom is 0.237 e. The topological polar surface area (TPSA) is 76.5 Å². The van der Waals surface area contributed by atoms with Gasteiger partial charge in [0.05, 0.1) is 17.5 Å². The molecule has 1 aliphatic heterocycles. The van der Waals surface area contributed by atoms with Crippen LogP contribution in [0.15, 0.2) is 76.5 Å². The molecule has 0 N–H and O–H groups in total. The van der Waals surface area contributed by atoms with Crippen LogP contribution < -0.4 is 4.90 Å². The van der Waals surface area contributed by atoms with Gasteiger partial charge in [0.1, 0.15) is 0 Å². The third-order valence-electron chi connectivity index (χ3n) is 5.69. The Hall–Kier alpha value is -3.65. The van der Waals surface area contributed by atoms with Crippen LogP contribution in [0.4, 0.5) is 5.69 Å². The number of para-hydroxylation sites is 2. The zero-order valence-corrected chi connectivity index (χ0v) is 18.0. The number of carbonyl (C=O) groups excluding carboxylic acids is 1. The number of fused-ring (bicyclic) bond motifs is 4. The number of hydrogen-bond donors (Lipinski definition) is 0. The third kappa shape index (κ3) is 3.15. The molecule has 32 heavy (non-hydrogen) atoms. The Balaban J connectivity index is 1.37. The molecule has 0 saturated heterocycles. The van der Waals surface area contributed by atoms with Gasteiger partial charge in [0, 0.05) is 17.6 Å². The fourth-order valence-corrected chi connectivity index (χ4v) is 5.03. The molecule has 2 aromatic carbocycles. The Morgan fingerprint density at radius 3 is 2.81 bits per heavy atom. The molecule has 0 atom stereocenters. The van der Waals surface area contributed by atoms with E-state index < -0.39 is 0 Å². The van der Waals surface area contributed by atoms with Crippen LogP contribution in [-0.4, -0.2) is 37.8 Å². The van der Waals surface area contributed by atoms with Gasteiger partial charge in [-0.2, -0.15) is 0 Å². The first-order chi connectivity index (χ1) is 15.8. The van der Waals surface area contributed by atoms with Crippen LogP contribution in [-0.2, 0) is 11.2 Å². The molecule has 1 aliphatic rings. The summed E-state index contributed by atoms with van der Waals surface area (Å²) in [6.45, 7) is 0.737. The van der Waals surface area contributed by atoms with E-state index in [0.29, 0.717) is 22.4 Å². The van der Waals surface area contributed by atoms with Gasteiger partial charge in [-0.3, -0.25) is 9.20 Å². The average Bonchev–Trinajstić information content (AvgIpc) is 3.52. The third-order valence-corrected chi connectivity index (χ3v) is 6.61. The Morgan fingerprint density at radius 2 is 1.91 bits per heavy atom. The molecule has 5 aromatic rings. The summed E-state index contributed by atoms with van der Waals surface area (Å²) in [5.74, 6) is 1.57. The van der Waals surface area contributed by atoms with Gasteiger partial charge in [-0.1, -0.05) is 42.1 Å². The van der Waals surface area contributed by atoms with E-state index in [9.17, 15) is 4.79 Å². The fraction of sp³-hybridized carbons (Fsp3) is 0.167. The smallest absolute Gasteiger partial charge is 0.237 e. The molecule has 8 heteroatoms.